The molecule has 0 aliphatic carbocycles. The summed E-state index contributed by atoms with van der Waals surface area (Å²) in [6.07, 6.45) is 5.78. The first kappa shape index (κ1) is 18.2. The van der Waals surface area contributed by atoms with Crippen LogP contribution in [-0.2, 0) is 11.3 Å². The second kappa shape index (κ2) is 7.64. The van der Waals surface area contributed by atoms with Crippen LogP contribution >= 0.6 is 12.4 Å². The van der Waals surface area contributed by atoms with Gasteiger partial charge in [0.05, 0.1) is 18.4 Å². The highest BCUT2D eigenvalue weighted by atomic mass is 35.5. The van der Waals surface area contributed by atoms with Crippen molar-refractivity contribution in [3.05, 3.63) is 18.0 Å². The van der Waals surface area contributed by atoms with Crippen molar-refractivity contribution in [2.45, 2.75) is 26.3 Å². The highest BCUT2D eigenvalue weighted by molar-refractivity contribution is 5.94. The van der Waals surface area contributed by atoms with Crippen LogP contribution in [0.1, 0.15) is 30.1 Å². The molecule has 1 spiro atoms. The number of piperidine rings is 1. The maximum absolute atomic E-state index is 12.8. The van der Waals surface area contributed by atoms with Crippen LogP contribution in [0.5, 0.6) is 0 Å². The van der Waals surface area contributed by atoms with Gasteiger partial charge in [-0.2, -0.15) is 5.10 Å². The smallest absolute Gasteiger partial charge is 0.257 e. The molecule has 3 heterocycles. The molecular weight excluding hydrogens is 316 g/mol. The van der Waals surface area contributed by atoms with E-state index in [-0.39, 0.29) is 23.7 Å². The monoisotopic (exact) mass is 342 g/mol. The Hall–Kier alpha value is -1.11. The van der Waals surface area contributed by atoms with Crippen LogP contribution in [0.25, 0.3) is 0 Å². The molecular formula is C16H27ClN4O2. The van der Waals surface area contributed by atoms with E-state index in [4.69, 9.17) is 4.74 Å². The summed E-state index contributed by atoms with van der Waals surface area (Å²) in [5, 5.41) is 7.65. The predicted molar refractivity (Wildman–Crippen MR) is 91.0 cm³/mol. The van der Waals surface area contributed by atoms with Gasteiger partial charge < -0.3 is 15.0 Å². The molecule has 6 nitrogen and oxygen atoms in total. The van der Waals surface area contributed by atoms with Crippen molar-refractivity contribution in [1.82, 2.24) is 20.0 Å². The number of likely N-dealkylation sites (tertiary alicyclic amines) is 1. The number of nitrogens with zero attached hydrogens (tertiary/aromatic N) is 3. The van der Waals surface area contributed by atoms with E-state index in [9.17, 15) is 4.79 Å². The van der Waals surface area contributed by atoms with Crippen LogP contribution in [-0.4, -0.2) is 60.5 Å². The molecule has 0 bridgehead atoms. The molecule has 3 rings (SSSR count). The Kier molecular flexibility index (Phi) is 6.06. The van der Waals surface area contributed by atoms with Crippen molar-refractivity contribution >= 4 is 18.3 Å². The number of amides is 1. The van der Waals surface area contributed by atoms with Crippen LogP contribution in [0.4, 0.5) is 0 Å². The molecule has 1 N–H and O–H groups in total. The van der Waals surface area contributed by atoms with E-state index < -0.39 is 0 Å². The second-order valence-electron chi connectivity index (χ2n) is 6.54. The van der Waals surface area contributed by atoms with Gasteiger partial charge in [0, 0.05) is 38.9 Å². The third-order valence-corrected chi connectivity index (χ3v) is 5.27. The third kappa shape index (κ3) is 3.54. The summed E-state index contributed by atoms with van der Waals surface area (Å²) in [6, 6.07) is 0. The molecule has 1 aromatic rings. The number of aromatic nitrogens is 2. The van der Waals surface area contributed by atoms with Crippen molar-refractivity contribution in [2.24, 2.45) is 11.3 Å². The minimum Gasteiger partial charge on any atom is -0.384 e. The molecule has 2 fully saturated rings. The molecule has 2 aliphatic rings. The number of carbonyl (C=O) groups is 1. The maximum atomic E-state index is 12.8. The summed E-state index contributed by atoms with van der Waals surface area (Å²) < 4.78 is 7.24. The lowest BCUT2D eigenvalue weighted by Gasteiger charge is -2.38. The van der Waals surface area contributed by atoms with Crippen molar-refractivity contribution in [2.75, 3.05) is 39.9 Å². The summed E-state index contributed by atoms with van der Waals surface area (Å²) in [6.45, 7) is 7.26. The maximum Gasteiger partial charge on any atom is 0.257 e. The number of aryl methyl sites for hydroxylation is 1. The van der Waals surface area contributed by atoms with Gasteiger partial charge in [-0.1, -0.05) is 0 Å². The topological polar surface area (TPSA) is 59.4 Å². The zero-order valence-electron chi connectivity index (χ0n) is 14.0. The SMILES string of the molecule is CCn1cc(C(=O)N2CC(COC)C3(CCNCC3)C2)cn1.Cl. The molecule has 2 saturated heterocycles. The summed E-state index contributed by atoms with van der Waals surface area (Å²) in [7, 11) is 1.75. The van der Waals surface area contributed by atoms with Gasteiger partial charge in [0.25, 0.3) is 5.91 Å². The summed E-state index contributed by atoms with van der Waals surface area (Å²) in [4.78, 5) is 14.8. The minimum atomic E-state index is 0. The quantitative estimate of drug-likeness (QED) is 0.899. The highest BCUT2D eigenvalue weighted by Gasteiger charge is 2.48. The molecule has 2 aliphatic heterocycles. The zero-order chi connectivity index (χ0) is 15.6. The Morgan fingerprint density at radius 2 is 2.22 bits per heavy atom. The third-order valence-electron chi connectivity index (χ3n) is 5.27. The minimum absolute atomic E-state index is 0. The standard InChI is InChI=1S/C16H26N4O2.ClH/c1-3-20-9-13(8-18-20)15(21)19-10-14(11-22-2)16(12-19)4-6-17-7-5-16;/h8-9,14,17H,3-7,10-12H2,1-2H3;1H. The van der Waals surface area contributed by atoms with E-state index in [0.717, 1.165) is 52.2 Å². The van der Waals surface area contributed by atoms with Crippen molar-refractivity contribution in [3.63, 3.8) is 0 Å². The molecule has 23 heavy (non-hydrogen) atoms. The van der Waals surface area contributed by atoms with Gasteiger partial charge in [0.15, 0.2) is 0 Å². The lowest BCUT2D eigenvalue weighted by molar-refractivity contribution is 0.0701. The van der Waals surface area contributed by atoms with E-state index in [0.29, 0.717) is 11.5 Å². The largest absolute Gasteiger partial charge is 0.384 e. The lowest BCUT2D eigenvalue weighted by Crippen LogP contribution is -2.43. The average molecular weight is 343 g/mol. The zero-order valence-corrected chi connectivity index (χ0v) is 14.8. The lowest BCUT2D eigenvalue weighted by atomic mass is 9.71. The second-order valence-corrected chi connectivity index (χ2v) is 6.54. The number of methoxy groups -OCH3 is 1. The summed E-state index contributed by atoms with van der Waals surface area (Å²) >= 11 is 0. The first-order valence-corrected chi connectivity index (χ1v) is 8.20. The van der Waals surface area contributed by atoms with Gasteiger partial charge >= 0.3 is 0 Å². The molecule has 7 heteroatoms. The summed E-state index contributed by atoms with van der Waals surface area (Å²) in [5.41, 5.74) is 0.918. The molecule has 1 amide bonds. The number of ether oxygens (including phenoxy) is 1. The Balaban J connectivity index is 0.00000192. The van der Waals surface area contributed by atoms with Crippen LogP contribution in [0.2, 0.25) is 0 Å². The average Bonchev–Trinajstić information content (AvgIpc) is 3.14. The Morgan fingerprint density at radius 3 is 2.83 bits per heavy atom. The van der Waals surface area contributed by atoms with Crippen LogP contribution in [0.3, 0.4) is 0 Å². The fourth-order valence-electron chi connectivity index (χ4n) is 3.94. The van der Waals surface area contributed by atoms with E-state index in [2.05, 4.69) is 10.4 Å². The van der Waals surface area contributed by atoms with Gasteiger partial charge in [0.2, 0.25) is 0 Å². The number of carbonyl (C=O) groups excluding carboxylic acids is 1. The highest BCUT2D eigenvalue weighted by Crippen LogP contribution is 2.43. The van der Waals surface area contributed by atoms with Gasteiger partial charge in [-0.25, -0.2) is 0 Å². The first-order chi connectivity index (χ1) is 10.7. The molecule has 0 saturated carbocycles. The van der Waals surface area contributed by atoms with Crippen molar-refractivity contribution in [3.8, 4) is 0 Å². The number of hydrogen-bond donors (Lipinski definition) is 1. The predicted octanol–water partition coefficient (Wildman–Crippen LogP) is 1.41. The summed E-state index contributed by atoms with van der Waals surface area (Å²) in [5.74, 6) is 0.543. The number of hydrogen-bond acceptors (Lipinski definition) is 4. The van der Waals surface area contributed by atoms with E-state index >= 15 is 0 Å². The van der Waals surface area contributed by atoms with Gasteiger partial charge in [-0.15, -0.1) is 12.4 Å². The first-order valence-electron chi connectivity index (χ1n) is 8.20. The molecule has 1 unspecified atom stereocenters. The fraction of sp³-hybridized carbons (Fsp3) is 0.750. The molecule has 130 valence electrons. The van der Waals surface area contributed by atoms with Crippen molar-refractivity contribution < 1.29 is 9.53 Å². The number of halogens is 1. The van der Waals surface area contributed by atoms with E-state index in [1.165, 1.54) is 0 Å². The van der Waals surface area contributed by atoms with E-state index in [1.807, 2.05) is 18.0 Å². The van der Waals surface area contributed by atoms with Gasteiger partial charge in [-0.3, -0.25) is 9.48 Å². The van der Waals surface area contributed by atoms with Gasteiger partial charge in [0.1, 0.15) is 0 Å². The molecule has 1 aromatic heterocycles. The Bertz CT molecular complexity index is 528. The number of nitrogens with one attached hydrogen (secondary N) is 1. The fourth-order valence-corrected chi connectivity index (χ4v) is 3.94. The Morgan fingerprint density at radius 1 is 1.48 bits per heavy atom. The van der Waals surface area contributed by atoms with Crippen LogP contribution < -0.4 is 5.32 Å². The Labute approximate surface area is 144 Å². The molecule has 1 atom stereocenters. The number of rotatable bonds is 4. The molecule has 0 radical (unpaired) electrons. The van der Waals surface area contributed by atoms with Crippen LogP contribution in [0.15, 0.2) is 12.4 Å². The molecule has 0 aromatic carbocycles. The van der Waals surface area contributed by atoms with Gasteiger partial charge in [-0.05, 0) is 38.3 Å². The normalized spacial score (nSPS) is 23.0. The van der Waals surface area contributed by atoms with Crippen LogP contribution in [0, 0.1) is 11.3 Å². The van der Waals surface area contributed by atoms with E-state index in [1.54, 1.807) is 18.0 Å². The van der Waals surface area contributed by atoms with Crippen molar-refractivity contribution in [1.29, 1.82) is 0 Å².